The minimum Gasteiger partial charge on any atom is -0.353 e. The third-order valence-electron chi connectivity index (χ3n) is 3.29. The van der Waals surface area contributed by atoms with E-state index >= 15 is 0 Å². The fraction of sp³-hybridized carbons (Fsp3) is 0.571. The molecule has 1 fully saturated rings. The molecule has 0 aromatic heterocycles. The fourth-order valence-electron chi connectivity index (χ4n) is 2.22. The van der Waals surface area contributed by atoms with Gasteiger partial charge in [-0.2, -0.15) is 13.2 Å². The van der Waals surface area contributed by atoms with Crippen LogP contribution in [0.1, 0.15) is 30.0 Å². The van der Waals surface area contributed by atoms with Crippen LogP contribution >= 0.6 is 0 Å². The molecule has 20 heavy (non-hydrogen) atoms. The Hall–Kier alpha value is -1.11. The average molecular weight is 289 g/mol. The Morgan fingerprint density at radius 1 is 1.20 bits per heavy atom. The monoisotopic (exact) mass is 289 g/mol. The van der Waals surface area contributed by atoms with Gasteiger partial charge in [-0.3, -0.25) is 0 Å². The Kier molecular flexibility index (Phi) is 5.01. The van der Waals surface area contributed by atoms with Gasteiger partial charge in [0.2, 0.25) is 0 Å². The topological polar surface area (TPSA) is 44.5 Å². The molecule has 6 heteroatoms. The van der Waals surface area contributed by atoms with Crippen LogP contribution in [0.15, 0.2) is 24.3 Å². The van der Waals surface area contributed by atoms with Crippen molar-refractivity contribution in [2.45, 2.75) is 37.8 Å². The highest BCUT2D eigenvalue weighted by Crippen LogP contribution is 2.32. The van der Waals surface area contributed by atoms with Crippen LogP contribution in [-0.2, 0) is 15.9 Å². The molecule has 1 aliphatic rings. The number of hydrogen-bond donors (Lipinski definition) is 1. The van der Waals surface area contributed by atoms with E-state index in [4.69, 9.17) is 15.2 Å². The summed E-state index contributed by atoms with van der Waals surface area (Å²) >= 11 is 0. The van der Waals surface area contributed by atoms with E-state index in [0.717, 1.165) is 6.42 Å². The van der Waals surface area contributed by atoms with E-state index in [2.05, 4.69) is 0 Å². The average Bonchev–Trinajstić information content (AvgIpc) is 2.45. The maximum absolute atomic E-state index is 12.7. The van der Waals surface area contributed by atoms with Crippen molar-refractivity contribution in [1.82, 2.24) is 0 Å². The smallest absolute Gasteiger partial charge is 0.353 e. The molecule has 3 nitrogen and oxygen atoms in total. The van der Waals surface area contributed by atoms with E-state index in [-0.39, 0.29) is 11.9 Å². The summed E-state index contributed by atoms with van der Waals surface area (Å²) in [5, 5.41) is 0. The van der Waals surface area contributed by atoms with Crippen molar-refractivity contribution in [2.75, 3.05) is 13.2 Å². The molecule has 0 radical (unpaired) electrons. The number of halogens is 3. The van der Waals surface area contributed by atoms with E-state index in [1.165, 1.54) is 6.07 Å². The van der Waals surface area contributed by atoms with Gasteiger partial charge in [-0.15, -0.1) is 0 Å². The van der Waals surface area contributed by atoms with Gasteiger partial charge in [-0.05, 0) is 24.0 Å². The first-order valence-electron chi connectivity index (χ1n) is 6.62. The summed E-state index contributed by atoms with van der Waals surface area (Å²) in [6.07, 6.45) is -2.94. The maximum atomic E-state index is 12.7. The molecule has 2 N–H and O–H groups in total. The lowest BCUT2D eigenvalue weighted by molar-refractivity contribution is -0.180. The van der Waals surface area contributed by atoms with Crippen molar-refractivity contribution in [1.29, 1.82) is 0 Å². The zero-order valence-corrected chi connectivity index (χ0v) is 11.0. The van der Waals surface area contributed by atoms with Crippen molar-refractivity contribution in [3.63, 3.8) is 0 Å². The SMILES string of the molecule is NC(c1ccccc1CCC1OCCCO1)C(F)(F)F. The van der Waals surface area contributed by atoms with Gasteiger partial charge in [-0.25, -0.2) is 0 Å². The highest BCUT2D eigenvalue weighted by molar-refractivity contribution is 5.31. The third kappa shape index (κ3) is 3.94. The Morgan fingerprint density at radius 2 is 1.85 bits per heavy atom. The molecule has 0 aliphatic carbocycles. The second-order valence-electron chi connectivity index (χ2n) is 4.78. The highest BCUT2D eigenvalue weighted by atomic mass is 19.4. The van der Waals surface area contributed by atoms with Gasteiger partial charge in [0.05, 0.1) is 13.2 Å². The summed E-state index contributed by atoms with van der Waals surface area (Å²) in [6.45, 7) is 1.27. The number of rotatable bonds is 4. The van der Waals surface area contributed by atoms with Gasteiger partial charge in [0.15, 0.2) is 6.29 Å². The van der Waals surface area contributed by atoms with Crippen molar-refractivity contribution in [3.8, 4) is 0 Å². The Labute approximate surface area is 115 Å². The first-order valence-corrected chi connectivity index (χ1v) is 6.62. The quantitative estimate of drug-likeness (QED) is 0.927. The van der Waals surface area contributed by atoms with Crippen LogP contribution in [-0.4, -0.2) is 25.7 Å². The Balaban J connectivity index is 2.04. The molecule has 1 heterocycles. The van der Waals surface area contributed by atoms with Gasteiger partial charge < -0.3 is 15.2 Å². The number of nitrogens with two attached hydrogens (primary N) is 1. The fourth-order valence-corrected chi connectivity index (χ4v) is 2.22. The van der Waals surface area contributed by atoms with Crippen LogP contribution in [0.3, 0.4) is 0 Å². The van der Waals surface area contributed by atoms with E-state index in [1.807, 2.05) is 0 Å². The minimum absolute atomic E-state index is 0.121. The molecule has 2 rings (SSSR count). The molecule has 1 aromatic carbocycles. The predicted molar refractivity (Wildman–Crippen MR) is 68.1 cm³/mol. The van der Waals surface area contributed by atoms with Crippen LogP contribution in [0.2, 0.25) is 0 Å². The lowest BCUT2D eigenvalue weighted by atomic mass is 9.97. The van der Waals surface area contributed by atoms with E-state index < -0.39 is 12.2 Å². The van der Waals surface area contributed by atoms with Crippen molar-refractivity contribution >= 4 is 0 Å². The molecule has 112 valence electrons. The van der Waals surface area contributed by atoms with Crippen LogP contribution in [0, 0.1) is 0 Å². The molecule has 1 aromatic rings. The van der Waals surface area contributed by atoms with Crippen molar-refractivity contribution in [2.24, 2.45) is 5.73 Å². The van der Waals surface area contributed by atoms with Crippen LogP contribution in [0.5, 0.6) is 0 Å². The first kappa shape index (κ1) is 15.3. The molecular weight excluding hydrogens is 271 g/mol. The van der Waals surface area contributed by atoms with Crippen LogP contribution < -0.4 is 5.73 Å². The van der Waals surface area contributed by atoms with Gasteiger partial charge in [0, 0.05) is 6.42 Å². The Bertz CT molecular complexity index is 431. The summed E-state index contributed by atoms with van der Waals surface area (Å²) in [6, 6.07) is 4.43. The zero-order valence-electron chi connectivity index (χ0n) is 11.0. The highest BCUT2D eigenvalue weighted by Gasteiger charge is 2.38. The van der Waals surface area contributed by atoms with E-state index in [0.29, 0.717) is 31.6 Å². The summed E-state index contributed by atoms with van der Waals surface area (Å²) in [5.74, 6) is 0. The predicted octanol–water partition coefficient (Wildman–Crippen LogP) is 2.94. The number of benzene rings is 1. The number of ether oxygens (including phenoxy) is 2. The second kappa shape index (κ2) is 6.56. The summed E-state index contributed by atoms with van der Waals surface area (Å²) < 4.78 is 49.0. The summed E-state index contributed by atoms with van der Waals surface area (Å²) in [5.41, 5.74) is 6.01. The molecule has 0 amide bonds. The molecule has 0 spiro atoms. The van der Waals surface area contributed by atoms with Crippen LogP contribution in [0.4, 0.5) is 13.2 Å². The van der Waals surface area contributed by atoms with Crippen molar-refractivity contribution < 1.29 is 22.6 Å². The molecule has 0 saturated carbocycles. The normalized spacial score (nSPS) is 19.0. The summed E-state index contributed by atoms with van der Waals surface area (Å²) in [4.78, 5) is 0. The molecule has 1 atom stereocenters. The van der Waals surface area contributed by atoms with E-state index in [1.54, 1.807) is 18.2 Å². The largest absolute Gasteiger partial charge is 0.407 e. The van der Waals surface area contributed by atoms with Gasteiger partial charge in [0.1, 0.15) is 6.04 Å². The zero-order chi connectivity index (χ0) is 14.6. The third-order valence-corrected chi connectivity index (χ3v) is 3.29. The molecule has 1 aliphatic heterocycles. The standard InChI is InChI=1S/C14H18F3NO2/c15-14(16,17)13(18)11-5-2-1-4-10(11)6-7-12-19-8-3-9-20-12/h1-2,4-5,12-13H,3,6-9,18H2. The molecule has 1 unspecified atom stereocenters. The maximum Gasteiger partial charge on any atom is 0.407 e. The summed E-state index contributed by atoms with van der Waals surface area (Å²) in [7, 11) is 0. The first-order chi connectivity index (χ1) is 9.48. The molecular formula is C14H18F3NO2. The van der Waals surface area contributed by atoms with Gasteiger partial charge >= 0.3 is 6.18 Å². The van der Waals surface area contributed by atoms with Gasteiger partial charge in [0.25, 0.3) is 0 Å². The lowest BCUT2D eigenvalue weighted by Crippen LogP contribution is -2.30. The lowest BCUT2D eigenvalue weighted by Gasteiger charge is -2.24. The number of aryl methyl sites for hydroxylation is 1. The van der Waals surface area contributed by atoms with Crippen LogP contribution in [0.25, 0.3) is 0 Å². The second-order valence-corrected chi connectivity index (χ2v) is 4.78. The van der Waals surface area contributed by atoms with Gasteiger partial charge in [-0.1, -0.05) is 24.3 Å². The number of alkyl halides is 3. The molecule has 1 saturated heterocycles. The van der Waals surface area contributed by atoms with Crippen molar-refractivity contribution in [3.05, 3.63) is 35.4 Å². The van der Waals surface area contributed by atoms with E-state index in [9.17, 15) is 13.2 Å². The molecule has 0 bridgehead atoms. The minimum atomic E-state index is -4.44. The number of hydrogen-bond acceptors (Lipinski definition) is 3. The Morgan fingerprint density at radius 3 is 2.50 bits per heavy atom.